The summed E-state index contributed by atoms with van der Waals surface area (Å²) in [5.74, 6) is 1.22. The van der Waals surface area contributed by atoms with E-state index in [-0.39, 0.29) is 23.8 Å². The number of hydrogen-bond acceptors (Lipinski definition) is 6. The predicted molar refractivity (Wildman–Crippen MR) is 160 cm³/mol. The summed E-state index contributed by atoms with van der Waals surface area (Å²) < 4.78 is 10.7. The molecule has 0 saturated carbocycles. The summed E-state index contributed by atoms with van der Waals surface area (Å²) in [7, 11) is 0. The number of aryl methyl sites for hydroxylation is 2. The standard InChI is InChI=1S/C31H38N6O4/c1-3-16-36-28-27(29(39)37(17-4-2)31(36)40)35-19-8-18-34(30(35)33-28)20-15-23-11-13-25(14-12-23)41-22-26(38)32-21-24-9-6-5-7-10-24/h5-7,9-14H,3-4,8,15-22H2,1-2H3,(H,32,38). The van der Waals surface area contributed by atoms with Crippen LogP contribution >= 0.6 is 0 Å². The minimum atomic E-state index is -0.274. The lowest BCUT2D eigenvalue weighted by Gasteiger charge is -2.29. The Labute approximate surface area is 239 Å². The van der Waals surface area contributed by atoms with Gasteiger partial charge in [0.25, 0.3) is 11.5 Å². The van der Waals surface area contributed by atoms with Crippen LogP contribution in [0.4, 0.5) is 5.95 Å². The van der Waals surface area contributed by atoms with Crippen molar-refractivity contribution in [1.29, 1.82) is 0 Å². The van der Waals surface area contributed by atoms with E-state index in [0.29, 0.717) is 49.5 Å². The lowest BCUT2D eigenvalue weighted by atomic mass is 10.1. The zero-order chi connectivity index (χ0) is 28.8. The molecule has 0 saturated heterocycles. The summed E-state index contributed by atoms with van der Waals surface area (Å²) in [6.07, 6.45) is 3.18. The van der Waals surface area contributed by atoms with Gasteiger partial charge in [-0.1, -0.05) is 56.3 Å². The number of rotatable bonds is 12. The number of aromatic nitrogens is 4. The van der Waals surface area contributed by atoms with E-state index in [0.717, 1.165) is 49.4 Å². The number of fused-ring (bicyclic) bond motifs is 3. The van der Waals surface area contributed by atoms with Gasteiger partial charge in [0.15, 0.2) is 17.8 Å². The lowest BCUT2D eigenvalue weighted by Crippen LogP contribution is -2.41. The lowest BCUT2D eigenvalue weighted by molar-refractivity contribution is -0.123. The average Bonchev–Trinajstić information content (AvgIpc) is 3.39. The molecule has 41 heavy (non-hydrogen) atoms. The fourth-order valence-electron chi connectivity index (χ4n) is 5.32. The smallest absolute Gasteiger partial charge is 0.332 e. The summed E-state index contributed by atoms with van der Waals surface area (Å²) in [6.45, 7) is 7.62. The molecular weight excluding hydrogens is 520 g/mol. The maximum atomic E-state index is 13.4. The van der Waals surface area contributed by atoms with Gasteiger partial charge >= 0.3 is 5.69 Å². The third kappa shape index (κ3) is 6.21. The number of ether oxygens (including phenoxy) is 1. The number of anilines is 1. The molecule has 10 nitrogen and oxygen atoms in total. The van der Waals surface area contributed by atoms with Gasteiger partial charge < -0.3 is 19.5 Å². The van der Waals surface area contributed by atoms with Crippen molar-refractivity contribution in [3.63, 3.8) is 0 Å². The van der Waals surface area contributed by atoms with E-state index in [1.165, 1.54) is 4.57 Å². The summed E-state index contributed by atoms with van der Waals surface area (Å²) in [6, 6.07) is 17.5. The molecule has 0 spiro atoms. The molecule has 0 radical (unpaired) electrons. The van der Waals surface area contributed by atoms with Gasteiger partial charge in [-0.25, -0.2) is 4.79 Å². The van der Waals surface area contributed by atoms with Crippen LogP contribution < -0.4 is 26.2 Å². The molecule has 10 heteroatoms. The number of nitrogens with zero attached hydrogens (tertiary/aromatic N) is 5. The van der Waals surface area contributed by atoms with Crippen molar-refractivity contribution in [2.75, 3.05) is 24.6 Å². The van der Waals surface area contributed by atoms with E-state index in [2.05, 4.69) is 10.2 Å². The number of imidazole rings is 1. The third-order valence-corrected chi connectivity index (χ3v) is 7.38. The number of nitrogens with one attached hydrogen (secondary N) is 1. The van der Waals surface area contributed by atoms with Crippen LogP contribution in [0, 0.1) is 0 Å². The van der Waals surface area contributed by atoms with E-state index >= 15 is 0 Å². The Morgan fingerprint density at radius 2 is 1.63 bits per heavy atom. The Hall–Kier alpha value is -4.34. The van der Waals surface area contributed by atoms with Gasteiger partial charge in [0.1, 0.15) is 5.75 Å². The molecule has 1 N–H and O–H groups in total. The highest BCUT2D eigenvalue weighted by atomic mass is 16.5. The first-order valence-corrected chi connectivity index (χ1v) is 14.5. The molecule has 4 aromatic rings. The molecular formula is C31H38N6O4. The van der Waals surface area contributed by atoms with Crippen molar-refractivity contribution in [1.82, 2.24) is 24.0 Å². The Balaban J connectivity index is 1.24. The van der Waals surface area contributed by atoms with Crippen LogP contribution in [0.2, 0.25) is 0 Å². The van der Waals surface area contributed by atoms with Crippen LogP contribution in [-0.4, -0.2) is 44.3 Å². The molecule has 0 fully saturated rings. The monoisotopic (exact) mass is 558 g/mol. The Bertz CT molecular complexity index is 1600. The topological polar surface area (TPSA) is 103 Å². The van der Waals surface area contributed by atoms with E-state index < -0.39 is 0 Å². The molecule has 0 unspecified atom stereocenters. The first kappa shape index (κ1) is 28.2. The fourth-order valence-corrected chi connectivity index (χ4v) is 5.32. The molecule has 2 aromatic heterocycles. The van der Waals surface area contributed by atoms with Gasteiger partial charge in [-0.15, -0.1) is 0 Å². The molecule has 5 rings (SSSR count). The highest BCUT2D eigenvalue weighted by Gasteiger charge is 2.26. The Morgan fingerprint density at radius 1 is 0.902 bits per heavy atom. The van der Waals surface area contributed by atoms with Gasteiger partial charge in [0.2, 0.25) is 5.95 Å². The van der Waals surface area contributed by atoms with Crippen molar-refractivity contribution in [2.45, 2.75) is 65.7 Å². The second-order valence-corrected chi connectivity index (χ2v) is 10.4. The van der Waals surface area contributed by atoms with Crippen LogP contribution in [0.15, 0.2) is 64.2 Å². The molecule has 1 aliphatic heterocycles. The second-order valence-electron chi connectivity index (χ2n) is 10.4. The summed E-state index contributed by atoms with van der Waals surface area (Å²) in [5, 5.41) is 2.86. The van der Waals surface area contributed by atoms with Crippen LogP contribution in [0.1, 0.15) is 44.2 Å². The molecule has 3 heterocycles. The summed E-state index contributed by atoms with van der Waals surface area (Å²) in [5.41, 5.74) is 2.67. The Kier molecular flexibility index (Phi) is 8.86. The summed E-state index contributed by atoms with van der Waals surface area (Å²) in [4.78, 5) is 45.7. The minimum Gasteiger partial charge on any atom is -0.484 e. The van der Waals surface area contributed by atoms with E-state index in [9.17, 15) is 14.4 Å². The van der Waals surface area contributed by atoms with Crippen molar-refractivity contribution in [3.8, 4) is 5.75 Å². The van der Waals surface area contributed by atoms with E-state index in [4.69, 9.17) is 9.72 Å². The Morgan fingerprint density at radius 3 is 2.37 bits per heavy atom. The maximum absolute atomic E-state index is 13.4. The average molecular weight is 559 g/mol. The molecule has 0 aliphatic carbocycles. The van der Waals surface area contributed by atoms with Crippen molar-refractivity contribution in [3.05, 3.63) is 86.6 Å². The highest BCUT2D eigenvalue weighted by Crippen LogP contribution is 2.25. The molecule has 0 bridgehead atoms. The van der Waals surface area contributed by atoms with Gasteiger partial charge in [0.05, 0.1) is 0 Å². The summed E-state index contributed by atoms with van der Waals surface area (Å²) >= 11 is 0. The van der Waals surface area contributed by atoms with Crippen LogP contribution in [0.5, 0.6) is 5.75 Å². The number of carbonyl (C=O) groups excluding carboxylic acids is 1. The molecule has 216 valence electrons. The van der Waals surface area contributed by atoms with Gasteiger partial charge in [-0.2, -0.15) is 4.98 Å². The normalized spacial score (nSPS) is 12.9. The predicted octanol–water partition coefficient (Wildman–Crippen LogP) is 3.33. The van der Waals surface area contributed by atoms with Crippen LogP contribution in [0.3, 0.4) is 0 Å². The van der Waals surface area contributed by atoms with E-state index in [1.807, 2.05) is 73.0 Å². The molecule has 0 atom stereocenters. The number of benzene rings is 2. The molecule has 2 aromatic carbocycles. The van der Waals surface area contributed by atoms with E-state index in [1.54, 1.807) is 4.57 Å². The highest BCUT2D eigenvalue weighted by molar-refractivity contribution is 5.77. The van der Waals surface area contributed by atoms with Crippen molar-refractivity contribution in [2.24, 2.45) is 0 Å². The van der Waals surface area contributed by atoms with Crippen LogP contribution in [-0.2, 0) is 37.4 Å². The van der Waals surface area contributed by atoms with Gasteiger partial charge in [-0.05, 0) is 48.9 Å². The third-order valence-electron chi connectivity index (χ3n) is 7.38. The number of carbonyl (C=O) groups is 1. The quantitative estimate of drug-likeness (QED) is 0.286. The maximum Gasteiger partial charge on any atom is 0.332 e. The van der Waals surface area contributed by atoms with Gasteiger partial charge in [0, 0.05) is 39.3 Å². The SMILES string of the molecule is CCCn1c(=O)c2c(nc3n2CCCN3CCc2ccc(OCC(=O)NCc3ccccc3)cc2)n(CCC)c1=O. The zero-order valence-corrected chi connectivity index (χ0v) is 23.8. The minimum absolute atomic E-state index is 0.0424. The van der Waals surface area contributed by atoms with Crippen molar-refractivity contribution < 1.29 is 9.53 Å². The molecule has 1 aliphatic rings. The van der Waals surface area contributed by atoms with Gasteiger partial charge in [-0.3, -0.25) is 18.7 Å². The largest absolute Gasteiger partial charge is 0.484 e. The zero-order valence-electron chi connectivity index (χ0n) is 23.8. The number of hydrogen-bond donors (Lipinski definition) is 1. The van der Waals surface area contributed by atoms with Crippen LogP contribution in [0.25, 0.3) is 11.2 Å². The first-order valence-electron chi connectivity index (χ1n) is 14.5. The van der Waals surface area contributed by atoms with Crippen molar-refractivity contribution >= 4 is 23.0 Å². The number of amides is 1. The first-order chi connectivity index (χ1) is 20.0. The molecule has 1 amide bonds. The fraction of sp³-hybridized carbons (Fsp3) is 0.419. The second kappa shape index (κ2) is 12.9.